The smallest absolute Gasteiger partial charge is 0.146 e. The van der Waals surface area contributed by atoms with Crippen molar-refractivity contribution in [1.82, 2.24) is 14.8 Å². The molecule has 4 heteroatoms. The molecule has 0 saturated heterocycles. The Morgan fingerprint density at radius 2 is 2.19 bits per heavy atom. The highest BCUT2D eigenvalue weighted by molar-refractivity contribution is 5.09. The van der Waals surface area contributed by atoms with Crippen molar-refractivity contribution >= 4 is 0 Å². The van der Waals surface area contributed by atoms with E-state index in [4.69, 9.17) is 5.73 Å². The summed E-state index contributed by atoms with van der Waals surface area (Å²) in [4.78, 5) is 0. The molecule has 0 aliphatic heterocycles. The summed E-state index contributed by atoms with van der Waals surface area (Å²) in [5, 5.41) is 8.57. The van der Waals surface area contributed by atoms with Gasteiger partial charge in [0.25, 0.3) is 0 Å². The van der Waals surface area contributed by atoms with E-state index in [1.54, 1.807) is 0 Å². The van der Waals surface area contributed by atoms with Crippen LogP contribution in [-0.4, -0.2) is 14.8 Å². The number of nitrogens with zero attached hydrogens (tertiary/aromatic N) is 3. The van der Waals surface area contributed by atoms with Crippen molar-refractivity contribution in [3.8, 4) is 0 Å². The molecule has 2 N–H and O–H groups in total. The Morgan fingerprint density at radius 1 is 1.44 bits per heavy atom. The molecule has 0 spiro atoms. The number of aromatic nitrogens is 3. The van der Waals surface area contributed by atoms with Crippen LogP contribution in [0.4, 0.5) is 0 Å². The van der Waals surface area contributed by atoms with Crippen LogP contribution in [0.5, 0.6) is 0 Å². The van der Waals surface area contributed by atoms with Crippen molar-refractivity contribution < 1.29 is 0 Å². The minimum Gasteiger partial charge on any atom is -0.324 e. The Morgan fingerprint density at radius 3 is 2.69 bits per heavy atom. The fourth-order valence-electron chi connectivity index (χ4n) is 2.91. The second kappa shape index (κ2) is 4.17. The maximum absolute atomic E-state index is 5.68. The zero-order valence-electron chi connectivity index (χ0n) is 10.5. The fourth-order valence-corrected chi connectivity index (χ4v) is 2.91. The van der Waals surface area contributed by atoms with Crippen molar-refractivity contribution in [3.05, 3.63) is 11.6 Å². The first-order chi connectivity index (χ1) is 7.60. The average molecular weight is 222 g/mol. The predicted molar refractivity (Wildman–Crippen MR) is 64.0 cm³/mol. The Bertz CT molecular complexity index is 367. The first-order valence-electron chi connectivity index (χ1n) is 6.22. The molecule has 1 atom stereocenters. The monoisotopic (exact) mass is 222 g/mol. The summed E-state index contributed by atoms with van der Waals surface area (Å²) in [7, 11) is 0. The van der Waals surface area contributed by atoms with Gasteiger partial charge in [0, 0.05) is 12.5 Å². The number of hydrogen-bond donors (Lipinski definition) is 1. The molecule has 90 valence electrons. The van der Waals surface area contributed by atoms with E-state index in [0.717, 1.165) is 18.2 Å². The summed E-state index contributed by atoms with van der Waals surface area (Å²) in [5.74, 6) is 2.60. The fraction of sp³-hybridized carbons (Fsp3) is 0.833. The Kier molecular flexibility index (Phi) is 3.02. The normalized spacial score (nSPS) is 23.9. The molecular formula is C12H22N4. The van der Waals surface area contributed by atoms with E-state index >= 15 is 0 Å². The number of rotatable bonds is 3. The van der Waals surface area contributed by atoms with Crippen LogP contribution in [0.3, 0.4) is 0 Å². The van der Waals surface area contributed by atoms with Crippen LogP contribution in [-0.2, 0) is 13.1 Å². The lowest BCUT2D eigenvalue weighted by molar-refractivity contribution is 0.314. The van der Waals surface area contributed by atoms with Gasteiger partial charge >= 0.3 is 0 Å². The predicted octanol–water partition coefficient (Wildman–Crippen LogP) is 2.05. The second-order valence-electron chi connectivity index (χ2n) is 5.36. The Balaban J connectivity index is 2.36. The minimum atomic E-state index is 0.353. The van der Waals surface area contributed by atoms with Crippen molar-refractivity contribution in [3.63, 3.8) is 0 Å². The van der Waals surface area contributed by atoms with Crippen LogP contribution in [0.15, 0.2) is 0 Å². The number of hydrogen-bond acceptors (Lipinski definition) is 3. The average Bonchev–Trinajstić information content (AvgIpc) is 2.79. The summed E-state index contributed by atoms with van der Waals surface area (Å²) in [5.41, 5.74) is 6.04. The standard InChI is InChI=1S/C12H22N4/c1-4-16-10(8-13)14-15-11(16)9-6-5-7-12(9,2)3/h9H,4-8,13H2,1-3H3. The molecule has 0 amide bonds. The van der Waals surface area contributed by atoms with Crippen LogP contribution >= 0.6 is 0 Å². The summed E-state index contributed by atoms with van der Waals surface area (Å²) in [6.07, 6.45) is 3.81. The third-order valence-electron chi connectivity index (χ3n) is 3.92. The summed E-state index contributed by atoms with van der Waals surface area (Å²) >= 11 is 0. The molecule has 1 fully saturated rings. The van der Waals surface area contributed by atoms with E-state index in [0.29, 0.717) is 17.9 Å². The molecule has 0 aromatic carbocycles. The molecule has 16 heavy (non-hydrogen) atoms. The van der Waals surface area contributed by atoms with Gasteiger partial charge in [-0.2, -0.15) is 0 Å². The van der Waals surface area contributed by atoms with E-state index in [1.807, 2.05) is 0 Å². The molecule has 4 nitrogen and oxygen atoms in total. The van der Waals surface area contributed by atoms with Gasteiger partial charge in [-0.05, 0) is 25.2 Å². The van der Waals surface area contributed by atoms with E-state index in [1.165, 1.54) is 19.3 Å². The SMILES string of the molecule is CCn1c(CN)nnc1C1CCCC1(C)C. The third-order valence-corrected chi connectivity index (χ3v) is 3.92. The molecule has 1 saturated carbocycles. The molecule has 0 bridgehead atoms. The van der Waals surface area contributed by atoms with Gasteiger partial charge in [0.05, 0.1) is 6.54 Å². The number of nitrogens with two attached hydrogens (primary N) is 1. The van der Waals surface area contributed by atoms with Crippen molar-refractivity contribution in [2.24, 2.45) is 11.1 Å². The molecule has 1 heterocycles. The largest absolute Gasteiger partial charge is 0.324 e. The van der Waals surface area contributed by atoms with Gasteiger partial charge in [0.15, 0.2) is 0 Å². The first-order valence-corrected chi connectivity index (χ1v) is 6.22. The van der Waals surface area contributed by atoms with Crippen LogP contribution in [0.2, 0.25) is 0 Å². The van der Waals surface area contributed by atoms with Gasteiger partial charge in [-0.25, -0.2) is 0 Å². The Hall–Kier alpha value is -0.900. The van der Waals surface area contributed by atoms with E-state index in [2.05, 4.69) is 35.5 Å². The zero-order valence-corrected chi connectivity index (χ0v) is 10.5. The van der Waals surface area contributed by atoms with Gasteiger partial charge in [0.2, 0.25) is 0 Å². The molecule has 1 aliphatic carbocycles. The molecule has 2 rings (SSSR count). The quantitative estimate of drug-likeness (QED) is 0.851. The summed E-state index contributed by atoms with van der Waals surface area (Å²) < 4.78 is 2.19. The highest BCUT2D eigenvalue weighted by Gasteiger charge is 2.38. The van der Waals surface area contributed by atoms with Gasteiger partial charge < -0.3 is 10.3 Å². The molecule has 1 aromatic heterocycles. The third kappa shape index (κ3) is 1.75. The molecular weight excluding hydrogens is 200 g/mol. The molecule has 1 aliphatic rings. The minimum absolute atomic E-state index is 0.353. The van der Waals surface area contributed by atoms with Gasteiger partial charge in [-0.3, -0.25) is 0 Å². The summed E-state index contributed by atoms with van der Waals surface area (Å²) in [6.45, 7) is 8.20. The molecule has 1 unspecified atom stereocenters. The lowest BCUT2D eigenvalue weighted by Gasteiger charge is -2.26. The van der Waals surface area contributed by atoms with Crippen molar-refractivity contribution in [2.75, 3.05) is 0 Å². The first kappa shape index (κ1) is 11.6. The second-order valence-corrected chi connectivity index (χ2v) is 5.36. The van der Waals surface area contributed by atoms with Gasteiger partial charge in [-0.1, -0.05) is 20.3 Å². The van der Waals surface area contributed by atoms with E-state index in [9.17, 15) is 0 Å². The molecule has 1 aromatic rings. The van der Waals surface area contributed by atoms with E-state index < -0.39 is 0 Å². The van der Waals surface area contributed by atoms with E-state index in [-0.39, 0.29) is 0 Å². The van der Waals surface area contributed by atoms with Gasteiger partial charge in [0.1, 0.15) is 11.6 Å². The highest BCUT2D eigenvalue weighted by atomic mass is 15.3. The van der Waals surface area contributed by atoms with Crippen LogP contribution in [0, 0.1) is 5.41 Å². The van der Waals surface area contributed by atoms with Crippen LogP contribution < -0.4 is 5.73 Å². The maximum atomic E-state index is 5.68. The Labute approximate surface area is 97.2 Å². The van der Waals surface area contributed by atoms with Crippen LogP contribution in [0.25, 0.3) is 0 Å². The lowest BCUT2D eigenvalue weighted by Crippen LogP contribution is -2.20. The highest BCUT2D eigenvalue weighted by Crippen LogP contribution is 2.48. The van der Waals surface area contributed by atoms with Crippen LogP contribution in [0.1, 0.15) is 57.6 Å². The van der Waals surface area contributed by atoms with Crippen molar-refractivity contribution in [2.45, 2.75) is 59.0 Å². The van der Waals surface area contributed by atoms with Crippen molar-refractivity contribution in [1.29, 1.82) is 0 Å². The zero-order chi connectivity index (χ0) is 11.8. The maximum Gasteiger partial charge on any atom is 0.146 e. The molecule has 0 radical (unpaired) electrons. The topological polar surface area (TPSA) is 56.7 Å². The van der Waals surface area contributed by atoms with Gasteiger partial charge in [-0.15, -0.1) is 10.2 Å². The summed E-state index contributed by atoms with van der Waals surface area (Å²) in [6, 6.07) is 0. The lowest BCUT2D eigenvalue weighted by atomic mass is 9.81.